The molecular weight excluding hydrogens is 222 g/mol. The molecule has 0 aromatic heterocycles. The van der Waals surface area contributed by atoms with Crippen molar-refractivity contribution in [3.8, 4) is 0 Å². The van der Waals surface area contributed by atoms with Crippen LogP contribution in [-0.4, -0.2) is 37.1 Å². The predicted molar refractivity (Wildman–Crippen MR) is 76.7 cm³/mol. The fourth-order valence-corrected chi connectivity index (χ4v) is 2.57. The number of hydrogen-bond acceptors (Lipinski definition) is 3. The molecule has 2 atom stereocenters. The molecule has 0 saturated carbocycles. The van der Waals surface area contributed by atoms with E-state index >= 15 is 0 Å². The highest BCUT2D eigenvalue weighted by Crippen LogP contribution is 2.19. The summed E-state index contributed by atoms with van der Waals surface area (Å²) >= 11 is 0. The van der Waals surface area contributed by atoms with Crippen LogP contribution in [0.1, 0.15) is 31.0 Å². The molecule has 18 heavy (non-hydrogen) atoms. The molecule has 1 heterocycles. The first kappa shape index (κ1) is 13.5. The van der Waals surface area contributed by atoms with Crippen molar-refractivity contribution in [3.05, 3.63) is 35.4 Å². The average Bonchev–Trinajstić information content (AvgIpc) is 2.47. The lowest BCUT2D eigenvalue weighted by Gasteiger charge is -2.36. The van der Waals surface area contributed by atoms with Gasteiger partial charge in [0.25, 0.3) is 0 Å². The zero-order chi connectivity index (χ0) is 13.0. The Morgan fingerprint density at radius 1 is 1.22 bits per heavy atom. The molecular formula is C15H25N3. The lowest BCUT2D eigenvalue weighted by molar-refractivity contribution is 0.163. The van der Waals surface area contributed by atoms with Gasteiger partial charge in [0, 0.05) is 38.3 Å². The fourth-order valence-electron chi connectivity index (χ4n) is 2.57. The van der Waals surface area contributed by atoms with Crippen molar-refractivity contribution < 1.29 is 0 Å². The first-order chi connectivity index (χ1) is 8.72. The Morgan fingerprint density at radius 2 is 1.83 bits per heavy atom. The van der Waals surface area contributed by atoms with Gasteiger partial charge < -0.3 is 11.1 Å². The van der Waals surface area contributed by atoms with E-state index in [0.29, 0.717) is 6.04 Å². The van der Waals surface area contributed by atoms with Crippen molar-refractivity contribution in [2.45, 2.75) is 32.4 Å². The lowest BCUT2D eigenvalue weighted by atomic mass is 9.98. The van der Waals surface area contributed by atoms with Gasteiger partial charge in [0.05, 0.1) is 0 Å². The maximum Gasteiger partial charge on any atom is 0.0450 e. The highest BCUT2D eigenvalue weighted by molar-refractivity contribution is 5.25. The van der Waals surface area contributed by atoms with Crippen LogP contribution >= 0.6 is 0 Å². The quantitative estimate of drug-likeness (QED) is 0.848. The molecule has 0 aliphatic carbocycles. The molecule has 1 aliphatic heterocycles. The smallest absolute Gasteiger partial charge is 0.0450 e. The minimum absolute atomic E-state index is 0.106. The molecule has 0 bridgehead atoms. The van der Waals surface area contributed by atoms with E-state index in [1.54, 1.807) is 0 Å². The van der Waals surface area contributed by atoms with Crippen molar-refractivity contribution in [2.75, 3.05) is 26.2 Å². The van der Waals surface area contributed by atoms with E-state index in [1.165, 1.54) is 11.1 Å². The second-order valence-corrected chi connectivity index (χ2v) is 5.15. The largest absolute Gasteiger partial charge is 0.323 e. The van der Waals surface area contributed by atoms with Gasteiger partial charge >= 0.3 is 0 Å². The molecule has 1 aromatic rings. The summed E-state index contributed by atoms with van der Waals surface area (Å²) in [7, 11) is 0. The Bertz CT molecular complexity index is 355. The van der Waals surface area contributed by atoms with Crippen molar-refractivity contribution in [3.63, 3.8) is 0 Å². The summed E-state index contributed by atoms with van der Waals surface area (Å²) in [4.78, 5) is 2.48. The Hall–Kier alpha value is -0.900. The summed E-state index contributed by atoms with van der Waals surface area (Å²) in [5, 5.41) is 3.38. The molecule has 1 aliphatic rings. The number of hydrogen-bond donors (Lipinski definition) is 2. The van der Waals surface area contributed by atoms with Gasteiger partial charge in [0.2, 0.25) is 0 Å². The van der Waals surface area contributed by atoms with Gasteiger partial charge in [-0.15, -0.1) is 0 Å². The Balaban J connectivity index is 2.01. The summed E-state index contributed by atoms with van der Waals surface area (Å²) in [6, 6.07) is 9.26. The van der Waals surface area contributed by atoms with Crippen LogP contribution < -0.4 is 11.1 Å². The Morgan fingerprint density at radius 3 is 2.39 bits per heavy atom. The van der Waals surface area contributed by atoms with E-state index in [0.717, 1.165) is 32.6 Å². The van der Waals surface area contributed by atoms with E-state index in [1.807, 2.05) is 0 Å². The molecule has 2 unspecified atom stereocenters. The predicted octanol–water partition coefficient (Wildman–Crippen LogP) is 1.54. The molecule has 3 N–H and O–H groups in total. The summed E-state index contributed by atoms with van der Waals surface area (Å²) in [6.45, 7) is 8.77. The zero-order valence-electron chi connectivity index (χ0n) is 11.5. The average molecular weight is 247 g/mol. The first-order valence-electron chi connectivity index (χ1n) is 7.01. The standard InChI is InChI=1S/C15H25N3/c1-3-13-4-6-14(7-5-13)15(16)12(2)18-10-8-17-9-11-18/h4-7,12,15,17H,3,8-11,16H2,1-2H3. The number of nitrogens with two attached hydrogens (primary N) is 1. The van der Waals surface area contributed by atoms with Gasteiger partial charge in [-0.3, -0.25) is 4.90 Å². The molecule has 2 rings (SSSR count). The maximum atomic E-state index is 6.40. The normalized spacial score (nSPS) is 20.6. The highest BCUT2D eigenvalue weighted by atomic mass is 15.2. The van der Waals surface area contributed by atoms with Crippen LogP contribution in [0.5, 0.6) is 0 Å². The van der Waals surface area contributed by atoms with E-state index in [-0.39, 0.29) is 6.04 Å². The van der Waals surface area contributed by atoms with Crippen LogP contribution in [0, 0.1) is 0 Å². The molecule has 0 radical (unpaired) electrons. The third kappa shape index (κ3) is 3.10. The van der Waals surface area contributed by atoms with Gasteiger partial charge in [-0.05, 0) is 24.5 Å². The van der Waals surface area contributed by atoms with Crippen molar-refractivity contribution in [1.82, 2.24) is 10.2 Å². The molecule has 0 amide bonds. The third-order valence-electron chi connectivity index (χ3n) is 4.02. The summed E-state index contributed by atoms with van der Waals surface area (Å²) in [6.07, 6.45) is 1.09. The van der Waals surface area contributed by atoms with E-state index in [4.69, 9.17) is 5.73 Å². The van der Waals surface area contributed by atoms with E-state index < -0.39 is 0 Å². The van der Waals surface area contributed by atoms with Crippen LogP contribution in [0.15, 0.2) is 24.3 Å². The summed E-state index contributed by atoms with van der Waals surface area (Å²) in [5.41, 5.74) is 9.02. The molecule has 1 fully saturated rings. The number of nitrogens with zero attached hydrogens (tertiary/aromatic N) is 1. The van der Waals surface area contributed by atoms with E-state index in [2.05, 4.69) is 48.3 Å². The highest BCUT2D eigenvalue weighted by Gasteiger charge is 2.22. The van der Waals surface area contributed by atoms with Crippen LogP contribution in [0.2, 0.25) is 0 Å². The number of piperazine rings is 1. The van der Waals surface area contributed by atoms with Crippen LogP contribution in [0.3, 0.4) is 0 Å². The Kier molecular flexibility index (Phi) is 4.75. The molecule has 3 nitrogen and oxygen atoms in total. The van der Waals surface area contributed by atoms with Crippen molar-refractivity contribution >= 4 is 0 Å². The fraction of sp³-hybridized carbons (Fsp3) is 0.600. The number of aryl methyl sites for hydroxylation is 1. The van der Waals surface area contributed by atoms with Crippen molar-refractivity contribution in [2.24, 2.45) is 5.73 Å². The summed E-state index contributed by atoms with van der Waals surface area (Å²) < 4.78 is 0. The van der Waals surface area contributed by atoms with Gasteiger partial charge in [-0.1, -0.05) is 31.2 Å². The summed E-state index contributed by atoms with van der Waals surface area (Å²) in [5.74, 6) is 0. The topological polar surface area (TPSA) is 41.3 Å². The second-order valence-electron chi connectivity index (χ2n) is 5.15. The van der Waals surface area contributed by atoms with Crippen LogP contribution in [0.4, 0.5) is 0 Å². The molecule has 1 aromatic carbocycles. The number of rotatable bonds is 4. The minimum Gasteiger partial charge on any atom is -0.323 e. The molecule has 0 spiro atoms. The molecule has 1 saturated heterocycles. The number of benzene rings is 1. The SMILES string of the molecule is CCc1ccc(C(N)C(C)N2CCNCC2)cc1. The van der Waals surface area contributed by atoms with Gasteiger partial charge in [-0.2, -0.15) is 0 Å². The molecule has 3 heteroatoms. The lowest BCUT2D eigenvalue weighted by Crippen LogP contribution is -2.50. The van der Waals surface area contributed by atoms with E-state index in [9.17, 15) is 0 Å². The van der Waals surface area contributed by atoms with Crippen LogP contribution in [-0.2, 0) is 6.42 Å². The Labute approximate surface area is 110 Å². The maximum absolute atomic E-state index is 6.40. The van der Waals surface area contributed by atoms with Gasteiger partial charge in [0.15, 0.2) is 0 Å². The minimum atomic E-state index is 0.106. The third-order valence-corrected chi connectivity index (χ3v) is 4.02. The van der Waals surface area contributed by atoms with Crippen molar-refractivity contribution in [1.29, 1.82) is 0 Å². The second kappa shape index (κ2) is 6.32. The zero-order valence-corrected chi connectivity index (χ0v) is 11.5. The molecule has 100 valence electrons. The monoisotopic (exact) mass is 247 g/mol. The number of nitrogens with one attached hydrogen (secondary N) is 1. The van der Waals surface area contributed by atoms with Gasteiger partial charge in [-0.25, -0.2) is 0 Å². The first-order valence-corrected chi connectivity index (χ1v) is 7.01. The van der Waals surface area contributed by atoms with Gasteiger partial charge in [0.1, 0.15) is 0 Å². The van der Waals surface area contributed by atoms with Crippen LogP contribution in [0.25, 0.3) is 0 Å².